The summed E-state index contributed by atoms with van der Waals surface area (Å²) >= 11 is 0. The predicted octanol–water partition coefficient (Wildman–Crippen LogP) is 1.61. The second-order valence-corrected chi connectivity index (χ2v) is 3.46. The molecule has 1 amide bonds. The largest absolute Gasteiger partial charge is 0.321 e. The van der Waals surface area contributed by atoms with E-state index in [0.29, 0.717) is 6.54 Å². The minimum atomic E-state index is -0.0256. The molecule has 80 valence electrons. The highest BCUT2D eigenvalue weighted by Gasteiger charge is 2.07. The van der Waals surface area contributed by atoms with Crippen LogP contribution < -0.4 is 9.88 Å². The highest BCUT2D eigenvalue weighted by Crippen LogP contribution is 2.04. The third-order valence-electron chi connectivity index (χ3n) is 2.16. The number of rotatable bonds is 3. The Morgan fingerprint density at radius 3 is 2.31 bits per heavy atom. The molecule has 2 rings (SSSR count). The number of para-hydroxylation sites is 1. The maximum Gasteiger partial charge on any atom is 0.290 e. The number of benzene rings is 1. The molecule has 0 atom stereocenters. The molecule has 1 aromatic heterocycles. The van der Waals surface area contributed by atoms with Gasteiger partial charge in [0.2, 0.25) is 6.54 Å². The molecule has 3 nitrogen and oxygen atoms in total. The molecule has 3 heteroatoms. The average molecular weight is 213 g/mol. The number of anilines is 1. The van der Waals surface area contributed by atoms with Gasteiger partial charge in [0.25, 0.3) is 5.91 Å². The summed E-state index contributed by atoms with van der Waals surface area (Å²) in [7, 11) is 0. The van der Waals surface area contributed by atoms with Crippen molar-refractivity contribution in [2.75, 3.05) is 5.32 Å². The Morgan fingerprint density at radius 2 is 1.62 bits per heavy atom. The van der Waals surface area contributed by atoms with Gasteiger partial charge in [0.05, 0.1) is 0 Å². The summed E-state index contributed by atoms with van der Waals surface area (Å²) in [6.07, 6.45) is 3.73. The van der Waals surface area contributed by atoms with E-state index >= 15 is 0 Å². The Balaban J connectivity index is 1.95. The van der Waals surface area contributed by atoms with Crippen molar-refractivity contribution < 1.29 is 9.36 Å². The molecule has 1 N–H and O–H groups in total. The fraction of sp³-hybridized carbons (Fsp3) is 0.0769. The molecule has 0 unspecified atom stereocenters. The maximum absolute atomic E-state index is 11.6. The first-order valence-electron chi connectivity index (χ1n) is 5.13. The Bertz CT molecular complexity index is 410. The number of carbonyl (C=O) groups is 1. The zero-order chi connectivity index (χ0) is 11.2. The van der Waals surface area contributed by atoms with E-state index in [1.807, 2.05) is 65.5 Å². The molecule has 0 aliphatic carbocycles. The quantitative estimate of drug-likeness (QED) is 0.772. The number of pyridine rings is 1. The van der Waals surface area contributed by atoms with Crippen LogP contribution in [0.4, 0.5) is 5.69 Å². The Morgan fingerprint density at radius 1 is 1.00 bits per heavy atom. The zero-order valence-electron chi connectivity index (χ0n) is 8.84. The lowest BCUT2D eigenvalue weighted by Gasteiger charge is -2.01. The fourth-order valence-corrected chi connectivity index (χ4v) is 1.43. The summed E-state index contributed by atoms with van der Waals surface area (Å²) in [5.41, 5.74) is 0.823. The smallest absolute Gasteiger partial charge is 0.290 e. The van der Waals surface area contributed by atoms with Crippen LogP contribution in [-0.4, -0.2) is 5.91 Å². The molecule has 0 saturated carbocycles. The number of carbonyl (C=O) groups excluding carboxylic acids is 1. The van der Waals surface area contributed by atoms with Crippen LogP contribution in [0.1, 0.15) is 0 Å². The summed E-state index contributed by atoms with van der Waals surface area (Å²) in [5.74, 6) is -0.0256. The second-order valence-electron chi connectivity index (χ2n) is 3.46. The van der Waals surface area contributed by atoms with Gasteiger partial charge in [0.1, 0.15) is 0 Å². The van der Waals surface area contributed by atoms with Crippen LogP contribution in [-0.2, 0) is 11.3 Å². The van der Waals surface area contributed by atoms with Crippen LogP contribution >= 0.6 is 0 Å². The van der Waals surface area contributed by atoms with Gasteiger partial charge < -0.3 is 5.32 Å². The van der Waals surface area contributed by atoms with E-state index in [2.05, 4.69) is 5.32 Å². The third-order valence-corrected chi connectivity index (χ3v) is 2.16. The number of amides is 1. The van der Waals surface area contributed by atoms with Crippen molar-refractivity contribution in [3.05, 3.63) is 60.9 Å². The van der Waals surface area contributed by atoms with Crippen LogP contribution in [0, 0.1) is 0 Å². The van der Waals surface area contributed by atoms with E-state index in [-0.39, 0.29) is 5.91 Å². The Kier molecular flexibility index (Phi) is 3.28. The van der Waals surface area contributed by atoms with Gasteiger partial charge in [-0.2, -0.15) is 4.57 Å². The highest BCUT2D eigenvalue weighted by molar-refractivity contribution is 5.89. The van der Waals surface area contributed by atoms with Crippen molar-refractivity contribution in [1.82, 2.24) is 0 Å². The van der Waals surface area contributed by atoms with Crippen LogP contribution in [0.15, 0.2) is 60.9 Å². The van der Waals surface area contributed by atoms with Gasteiger partial charge in [0.15, 0.2) is 12.4 Å². The number of hydrogen-bond donors (Lipinski definition) is 1. The molecule has 0 fully saturated rings. The fourth-order valence-electron chi connectivity index (χ4n) is 1.43. The van der Waals surface area contributed by atoms with Gasteiger partial charge in [-0.05, 0) is 12.1 Å². The monoisotopic (exact) mass is 213 g/mol. The molecule has 2 aromatic rings. The zero-order valence-corrected chi connectivity index (χ0v) is 8.84. The van der Waals surface area contributed by atoms with E-state index in [1.165, 1.54) is 0 Å². The van der Waals surface area contributed by atoms with Gasteiger partial charge >= 0.3 is 0 Å². The first-order valence-corrected chi connectivity index (χ1v) is 5.13. The number of nitrogens with one attached hydrogen (secondary N) is 1. The molecule has 0 bridgehead atoms. The standard InChI is InChI=1S/C13H12N2O/c16-13(11-15-9-5-2-6-10-15)14-12-7-3-1-4-8-12/h1-10H,11H2/p+1. The molecule has 0 spiro atoms. The van der Waals surface area contributed by atoms with Crippen molar-refractivity contribution in [2.45, 2.75) is 6.54 Å². The summed E-state index contributed by atoms with van der Waals surface area (Å²) < 4.78 is 1.83. The summed E-state index contributed by atoms with van der Waals surface area (Å²) in [6, 6.07) is 15.2. The molecule has 1 aromatic carbocycles. The molecule has 0 saturated heterocycles. The molecule has 1 heterocycles. The lowest BCUT2D eigenvalue weighted by Crippen LogP contribution is -2.39. The Hall–Kier alpha value is -2.16. The maximum atomic E-state index is 11.6. The second kappa shape index (κ2) is 5.07. The van der Waals surface area contributed by atoms with Gasteiger partial charge in [0, 0.05) is 17.8 Å². The minimum Gasteiger partial charge on any atom is -0.321 e. The third kappa shape index (κ3) is 2.92. The van der Waals surface area contributed by atoms with Crippen molar-refractivity contribution in [2.24, 2.45) is 0 Å². The van der Waals surface area contributed by atoms with Crippen molar-refractivity contribution >= 4 is 11.6 Å². The summed E-state index contributed by atoms with van der Waals surface area (Å²) in [6.45, 7) is 0.329. The van der Waals surface area contributed by atoms with Crippen LogP contribution in [0.5, 0.6) is 0 Å². The lowest BCUT2D eigenvalue weighted by molar-refractivity contribution is -0.684. The number of hydrogen-bond acceptors (Lipinski definition) is 1. The average Bonchev–Trinajstić information content (AvgIpc) is 2.31. The van der Waals surface area contributed by atoms with Crippen LogP contribution in [0.3, 0.4) is 0 Å². The normalized spacial score (nSPS) is 9.75. The molecule has 0 radical (unpaired) electrons. The first kappa shape index (κ1) is 10.4. The van der Waals surface area contributed by atoms with Crippen LogP contribution in [0.25, 0.3) is 0 Å². The van der Waals surface area contributed by atoms with E-state index in [9.17, 15) is 4.79 Å². The van der Waals surface area contributed by atoms with Gasteiger partial charge in [-0.25, -0.2) is 0 Å². The summed E-state index contributed by atoms with van der Waals surface area (Å²) in [5, 5.41) is 2.83. The van der Waals surface area contributed by atoms with E-state index in [1.54, 1.807) is 0 Å². The minimum absolute atomic E-state index is 0.0256. The van der Waals surface area contributed by atoms with Crippen molar-refractivity contribution in [3.8, 4) is 0 Å². The lowest BCUT2D eigenvalue weighted by atomic mass is 10.3. The highest BCUT2D eigenvalue weighted by atomic mass is 16.1. The SMILES string of the molecule is O=C(C[n+]1ccccc1)Nc1ccccc1. The van der Waals surface area contributed by atoms with Gasteiger partial charge in [-0.15, -0.1) is 0 Å². The Labute approximate surface area is 94.4 Å². The molecular weight excluding hydrogens is 200 g/mol. The van der Waals surface area contributed by atoms with E-state index < -0.39 is 0 Å². The summed E-state index contributed by atoms with van der Waals surface area (Å²) in [4.78, 5) is 11.6. The number of aromatic nitrogens is 1. The molecule has 0 aliphatic heterocycles. The first-order chi connectivity index (χ1) is 7.84. The van der Waals surface area contributed by atoms with Crippen LogP contribution in [0.2, 0.25) is 0 Å². The molecule has 0 aliphatic rings. The van der Waals surface area contributed by atoms with E-state index in [4.69, 9.17) is 0 Å². The van der Waals surface area contributed by atoms with Gasteiger partial charge in [-0.1, -0.05) is 24.3 Å². The van der Waals surface area contributed by atoms with E-state index in [0.717, 1.165) is 5.69 Å². The molecular formula is C13H13N2O+. The van der Waals surface area contributed by atoms with Gasteiger partial charge in [-0.3, -0.25) is 4.79 Å². The topological polar surface area (TPSA) is 33.0 Å². The predicted molar refractivity (Wildman–Crippen MR) is 61.7 cm³/mol. The van der Waals surface area contributed by atoms with Crippen molar-refractivity contribution in [1.29, 1.82) is 0 Å². The molecule has 16 heavy (non-hydrogen) atoms. The van der Waals surface area contributed by atoms with Crippen molar-refractivity contribution in [3.63, 3.8) is 0 Å². The number of nitrogens with zero attached hydrogens (tertiary/aromatic N) is 1.